The van der Waals surface area contributed by atoms with Gasteiger partial charge in [0.05, 0.1) is 22.6 Å². The van der Waals surface area contributed by atoms with Gasteiger partial charge in [-0.2, -0.15) is 0 Å². The number of ether oxygens (including phenoxy) is 1. The summed E-state index contributed by atoms with van der Waals surface area (Å²) in [7, 11) is 0. The van der Waals surface area contributed by atoms with Gasteiger partial charge in [-0.05, 0) is 51.0 Å². The van der Waals surface area contributed by atoms with E-state index in [1.54, 1.807) is 12.1 Å². The van der Waals surface area contributed by atoms with Crippen LogP contribution in [0.25, 0.3) is 0 Å². The summed E-state index contributed by atoms with van der Waals surface area (Å²) in [6, 6.07) is 16.6. The molecule has 0 saturated carbocycles. The third-order valence-electron chi connectivity index (χ3n) is 4.99. The minimum atomic E-state index is -0.250. The summed E-state index contributed by atoms with van der Waals surface area (Å²) in [5.41, 5.74) is 2.62. The van der Waals surface area contributed by atoms with Crippen molar-refractivity contribution >= 4 is 17.5 Å². The molecule has 1 aromatic heterocycles. The summed E-state index contributed by atoms with van der Waals surface area (Å²) in [6.45, 7) is 5.76. The minimum Gasteiger partial charge on any atom is -0.457 e. The quantitative estimate of drug-likeness (QED) is 0.684. The van der Waals surface area contributed by atoms with Gasteiger partial charge in [0.1, 0.15) is 11.5 Å². The topological polar surface area (TPSA) is 67.4 Å². The number of hydrogen-bond donors (Lipinski definition) is 1. The van der Waals surface area contributed by atoms with Gasteiger partial charge >= 0.3 is 0 Å². The van der Waals surface area contributed by atoms with Crippen LogP contribution in [-0.4, -0.2) is 29.0 Å². The van der Waals surface area contributed by atoms with E-state index in [-0.39, 0.29) is 5.91 Å². The number of nitrogens with zero attached hydrogens (tertiary/aromatic N) is 3. The maximum absolute atomic E-state index is 13.0. The molecule has 148 valence electrons. The first-order chi connectivity index (χ1) is 14.1. The average Bonchev–Trinajstić information content (AvgIpc) is 3.26. The molecule has 2 heterocycles. The highest BCUT2D eigenvalue weighted by atomic mass is 16.5. The number of carbonyl (C=O) groups is 1. The van der Waals surface area contributed by atoms with E-state index in [0.29, 0.717) is 22.7 Å². The second-order valence-electron chi connectivity index (χ2n) is 7.13. The van der Waals surface area contributed by atoms with Crippen LogP contribution in [-0.2, 0) is 0 Å². The van der Waals surface area contributed by atoms with Crippen LogP contribution in [0.2, 0.25) is 0 Å². The van der Waals surface area contributed by atoms with Crippen LogP contribution in [0.4, 0.5) is 11.6 Å². The molecular weight excluding hydrogens is 364 g/mol. The van der Waals surface area contributed by atoms with Crippen LogP contribution in [0, 0.1) is 13.8 Å². The van der Waals surface area contributed by atoms with Gasteiger partial charge in [-0.15, -0.1) is 0 Å². The van der Waals surface area contributed by atoms with Crippen LogP contribution in [0.1, 0.15) is 34.6 Å². The molecule has 0 unspecified atom stereocenters. The van der Waals surface area contributed by atoms with Crippen molar-refractivity contribution in [2.45, 2.75) is 26.7 Å². The molecule has 2 aromatic carbocycles. The van der Waals surface area contributed by atoms with Crippen LogP contribution >= 0.6 is 0 Å². The van der Waals surface area contributed by atoms with Crippen molar-refractivity contribution < 1.29 is 9.53 Å². The molecule has 29 heavy (non-hydrogen) atoms. The zero-order valence-electron chi connectivity index (χ0n) is 16.7. The van der Waals surface area contributed by atoms with Crippen molar-refractivity contribution in [3.05, 3.63) is 71.5 Å². The summed E-state index contributed by atoms with van der Waals surface area (Å²) in [4.78, 5) is 24.4. The molecule has 3 aromatic rings. The average molecular weight is 388 g/mol. The van der Waals surface area contributed by atoms with E-state index in [1.165, 1.54) is 0 Å². The van der Waals surface area contributed by atoms with Crippen LogP contribution in [0.3, 0.4) is 0 Å². The number of rotatable bonds is 5. The Hall–Kier alpha value is -3.41. The van der Waals surface area contributed by atoms with Gasteiger partial charge < -0.3 is 15.0 Å². The fraction of sp³-hybridized carbons (Fsp3) is 0.261. The summed E-state index contributed by atoms with van der Waals surface area (Å²) in [5.74, 6) is 1.67. The normalized spacial score (nSPS) is 13.4. The second-order valence-corrected chi connectivity index (χ2v) is 7.13. The standard InChI is InChI=1S/C23H24N4O2/c1-16-21(17(2)25-23(24-16)27-14-8-9-15-27)26-22(28)19-12-6-7-13-20(19)29-18-10-4-3-5-11-18/h3-7,10-13H,8-9,14-15H2,1-2H3,(H,26,28). The predicted octanol–water partition coefficient (Wildman–Crippen LogP) is 4.74. The Morgan fingerprint density at radius 3 is 2.24 bits per heavy atom. The first-order valence-electron chi connectivity index (χ1n) is 9.85. The third-order valence-corrected chi connectivity index (χ3v) is 4.99. The van der Waals surface area contributed by atoms with Gasteiger partial charge in [0, 0.05) is 13.1 Å². The number of para-hydroxylation sites is 2. The van der Waals surface area contributed by atoms with Gasteiger partial charge in [0.2, 0.25) is 5.95 Å². The van der Waals surface area contributed by atoms with Gasteiger partial charge in [0.15, 0.2) is 0 Å². The number of aromatic nitrogens is 2. The molecule has 0 atom stereocenters. The number of hydrogen-bond acceptors (Lipinski definition) is 5. The van der Waals surface area contributed by atoms with Crippen molar-refractivity contribution in [1.29, 1.82) is 0 Å². The lowest BCUT2D eigenvalue weighted by Gasteiger charge is -2.19. The van der Waals surface area contributed by atoms with Crippen molar-refractivity contribution in [3.63, 3.8) is 0 Å². The number of amides is 1. The summed E-state index contributed by atoms with van der Waals surface area (Å²) < 4.78 is 5.92. The summed E-state index contributed by atoms with van der Waals surface area (Å²) in [5, 5.41) is 2.98. The maximum Gasteiger partial charge on any atom is 0.259 e. The molecule has 0 aliphatic carbocycles. The maximum atomic E-state index is 13.0. The van der Waals surface area contributed by atoms with Crippen LogP contribution < -0.4 is 15.0 Å². The fourth-order valence-electron chi connectivity index (χ4n) is 3.48. The molecule has 1 fully saturated rings. The second kappa shape index (κ2) is 8.31. The Bertz CT molecular complexity index is 991. The Labute approximate surface area is 170 Å². The third kappa shape index (κ3) is 4.21. The molecule has 6 heteroatoms. The van der Waals surface area contributed by atoms with Crippen LogP contribution in [0.15, 0.2) is 54.6 Å². The van der Waals surface area contributed by atoms with E-state index in [9.17, 15) is 4.79 Å². The lowest BCUT2D eigenvalue weighted by atomic mass is 10.1. The lowest BCUT2D eigenvalue weighted by molar-refractivity contribution is 0.102. The summed E-state index contributed by atoms with van der Waals surface area (Å²) in [6.07, 6.45) is 2.33. The molecule has 1 N–H and O–H groups in total. The van der Waals surface area contributed by atoms with Gasteiger partial charge in [-0.25, -0.2) is 9.97 Å². The molecule has 1 amide bonds. The summed E-state index contributed by atoms with van der Waals surface area (Å²) >= 11 is 0. The fourth-order valence-corrected chi connectivity index (χ4v) is 3.48. The first-order valence-corrected chi connectivity index (χ1v) is 9.85. The van der Waals surface area contributed by atoms with Gasteiger partial charge in [0.25, 0.3) is 5.91 Å². The van der Waals surface area contributed by atoms with Crippen molar-refractivity contribution in [2.75, 3.05) is 23.3 Å². The number of carbonyl (C=O) groups excluding carboxylic acids is 1. The highest BCUT2D eigenvalue weighted by Crippen LogP contribution is 2.27. The first kappa shape index (κ1) is 18.9. The zero-order chi connectivity index (χ0) is 20.2. The molecule has 1 saturated heterocycles. The molecular formula is C23H24N4O2. The molecule has 1 aliphatic heterocycles. The minimum absolute atomic E-state index is 0.250. The molecule has 0 radical (unpaired) electrons. The van der Waals surface area contributed by atoms with E-state index in [0.717, 1.165) is 43.3 Å². The lowest BCUT2D eigenvalue weighted by Crippen LogP contribution is -2.22. The van der Waals surface area contributed by atoms with E-state index in [4.69, 9.17) is 4.74 Å². The smallest absolute Gasteiger partial charge is 0.259 e. The largest absolute Gasteiger partial charge is 0.457 e. The van der Waals surface area contributed by atoms with E-state index >= 15 is 0 Å². The zero-order valence-corrected chi connectivity index (χ0v) is 16.7. The highest BCUT2D eigenvalue weighted by molar-refractivity contribution is 6.06. The molecule has 0 bridgehead atoms. The van der Waals surface area contributed by atoms with Crippen molar-refractivity contribution in [1.82, 2.24) is 9.97 Å². The molecule has 1 aliphatic rings. The molecule has 0 spiro atoms. The predicted molar refractivity (Wildman–Crippen MR) is 114 cm³/mol. The number of benzene rings is 2. The number of anilines is 2. The van der Waals surface area contributed by atoms with Gasteiger partial charge in [-0.1, -0.05) is 30.3 Å². The van der Waals surface area contributed by atoms with E-state index in [2.05, 4.69) is 20.2 Å². The van der Waals surface area contributed by atoms with E-state index in [1.807, 2.05) is 56.3 Å². The number of nitrogens with one attached hydrogen (secondary N) is 1. The van der Waals surface area contributed by atoms with Crippen LogP contribution in [0.5, 0.6) is 11.5 Å². The SMILES string of the molecule is Cc1nc(N2CCCC2)nc(C)c1NC(=O)c1ccccc1Oc1ccccc1. The number of aryl methyl sites for hydroxylation is 2. The monoisotopic (exact) mass is 388 g/mol. The Morgan fingerprint density at radius 1 is 0.931 bits per heavy atom. The van der Waals surface area contributed by atoms with Gasteiger partial charge in [-0.3, -0.25) is 4.79 Å². The highest BCUT2D eigenvalue weighted by Gasteiger charge is 2.20. The molecule has 4 rings (SSSR count). The Kier molecular flexibility index (Phi) is 5.42. The van der Waals surface area contributed by atoms with Crippen molar-refractivity contribution in [2.24, 2.45) is 0 Å². The van der Waals surface area contributed by atoms with E-state index < -0.39 is 0 Å². The Morgan fingerprint density at radius 2 is 1.55 bits per heavy atom. The van der Waals surface area contributed by atoms with Crippen molar-refractivity contribution in [3.8, 4) is 11.5 Å². The Balaban J connectivity index is 1.57. The molecule has 6 nitrogen and oxygen atoms in total.